The van der Waals surface area contributed by atoms with Crippen LogP contribution in [-0.2, 0) is 16.0 Å². The number of halogens is 3. The van der Waals surface area contributed by atoms with Gasteiger partial charge in [-0.2, -0.15) is 13.2 Å². The molecule has 0 aliphatic rings. The Morgan fingerprint density at radius 1 is 1.23 bits per heavy atom. The number of pyridine rings is 1. The van der Waals surface area contributed by atoms with Crippen molar-refractivity contribution in [2.24, 2.45) is 0 Å². The number of sulfone groups is 1. The predicted molar refractivity (Wildman–Crippen MR) is 91.7 cm³/mol. The molecule has 0 amide bonds. The Kier molecular flexibility index (Phi) is 4.74. The molecule has 0 unspecified atom stereocenters. The number of thioether (sulfide) groups is 1. The Hall–Kier alpha value is -2.07. The number of aromatic nitrogens is 2. The standard InChI is InChI=1S/C16H13F3N2O3S2/c1-3-26(22,23)13-6-9(16(17,18)19)8-20-14(13)15-21-11-7-10(25-2)4-5-12(11)24-15/h4-8H,3H2,1-2H3. The second-order valence-electron chi connectivity index (χ2n) is 5.32. The first kappa shape index (κ1) is 18.7. The molecule has 0 N–H and O–H groups in total. The number of nitrogens with zero attached hydrogens (tertiary/aromatic N) is 2. The predicted octanol–water partition coefficient (Wildman–Crippen LogP) is 4.42. The van der Waals surface area contributed by atoms with Crippen molar-refractivity contribution >= 4 is 32.7 Å². The highest BCUT2D eigenvalue weighted by molar-refractivity contribution is 7.98. The van der Waals surface area contributed by atoms with Crippen LogP contribution in [0.4, 0.5) is 13.2 Å². The highest BCUT2D eigenvalue weighted by Gasteiger charge is 2.34. The molecule has 2 heterocycles. The minimum atomic E-state index is -4.71. The molecular formula is C16H13F3N2O3S2. The molecule has 2 aromatic heterocycles. The number of benzene rings is 1. The van der Waals surface area contributed by atoms with Gasteiger partial charge < -0.3 is 4.42 Å². The lowest BCUT2D eigenvalue weighted by atomic mass is 10.2. The quantitative estimate of drug-likeness (QED) is 0.602. The summed E-state index contributed by atoms with van der Waals surface area (Å²) in [6.07, 6.45) is -2.25. The zero-order valence-electron chi connectivity index (χ0n) is 13.7. The van der Waals surface area contributed by atoms with E-state index in [9.17, 15) is 21.6 Å². The molecule has 138 valence electrons. The van der Waals surface area contributed by atoms with Gasteiger partial charge in [-0.3, -0.25) is 0 Å². The van der Waals surface area contributed by atoms with Crippen LogP contribution >= 0.6 is 11.8 Å². The van der Waals surface area contributed by atoms with Crippen molar-refractivity contribution in [1.82, 2.24) is 9.97 Å². The van der Waals surface area contributed by atoms with E-state index in [1.165, 1.54) is 18.7 Å². The molecule has 3 rings (SSSR count). The number of alkyl halides is 3. The van der Waals surface area contributed by atoms with Crippen LogP contribution in [0.5, 0.6) is 0 Å². The summed E-state index contributed by atoms with van der Waals surface area (Å²) in [5, 5.41) is 0. The minimum Gasteiger partial charge on any atom is -0.435 e. The molecule has 1 aromatic carbocycles. The third kappa shape index (κ3) is 3.43. The Morgan fingerprint density at radius 2 is 1.96 bits per heavy atom. The van der Waals surface area contributed by atoms with Gasteiger partial charge in [-0.15, -0.1) is 11.8 Å². The molecule has 0 aliphatic heterocycles. The van der Waals surface area contributed by atoms with E-state index in [0.29, 0.717) is 23.4 Å². The summed E-state index contributed by atoms with van der Waals surface area (Å²) >= 11 is 1.49. The van der Waals surface area contributed by atoms with Crippen molar-refractivity contribution in [1.29, 1.82) is 0 Å². The van der Waals surface area contributed by atoms with Gasteiger partial charge in [-0.05, 0) is 30.5 Å². The number of hydrogen-bond donors (Lipinski definition) is 0. The Balaban J connectivity index is 2.24. The number of fused-ring (bicyclic) bond motifs is 1. The van der Waals surface area contributed by atoms with Crippen LogP contribution in [0.3, 0.4) is 0 Å². The molecule has 0 atom stereocenters. The summed E-state index contributed by atoms with van der Waals surface area (Å²) in [7, 11) is -3.98. The van der Waals surface area contributed by atoms with Gasteiger partial charge in [0, 0.05) is 11.1 Å². The molecule has 0 saturated carbocycles. The molecule has 3 aromatic rings. The van der Waals surface area contributed by atoms with Crippen molar-refractivity contribution in [3.8, 4) is 11.6 Å². The zero-order valence-corrected chi connectivity index (χ0v) is 15.3. The molecule has 0 spiro atoms. The van der Waals surface area contributed by atoms with E-state index in [0.717, 1.165) is 4.90 Å². The lowest BCUT2D eigenvalue weighted by Gasteiger charge is -2.10. The topological polar surface area (TPSA) is 73.1 Å². The van der Waals surface area contributed by atoms with Crippen LogP contribution in [0.2, 0.25) is 0 Å². The molecule has 0 radical (unpaired) electrons. The maximum absolute atomic E-state index is 13.0. The first-order valence-corrected chi connectivity index (χ1v) is 10.3. The van der Waals surface area contributed by atoms with Crippen molar-refractivity contribution in [2.45, 2.75) is 22.9 Å². The first-order chi connectivity index (χ1) is 12.2. The fourth-order valence-corrected chi connectivity index (χ4v) is 3.77. The van der Waals surface area contributed by atoms with Crippen LogP contribution in [0.1, 0.15) is 12.5 Å². The first-order valence-electron chi connectivity index (χ1n) is 7.40. The fourth-order valence-electron chi connectivity index (χ4n) is 2.29. The highest BCUT2D eigenvalue weighted by Crippen LogP contribution is 2.35. The normalized spacial score (nSPS) is 12.7. The average molecular weight is 402 g/mol. The molecule has 5 nitrogen and oxygen atoms in total. The van der Waals surface area contributed by atoms with Crippen LogP contribution in [0.15, 0.2) is 44.7 Å². The Labute approximate surface area is 151 Å². The average Bonchev–Trinajstić information content (AvgIpc) is 3.03. The van der Waals surface area contributed by atoms with E-state index in [-0.39, 0.29) is 17.3 Å². The van der Waals surface area contributed by atoms with Gasteiger partial charge >= 0.3 is 6.18 Å². The van der Waals surface area contributed by atoms with Crippen LogP contribution < -0.4 is 0 Å². The van der Waals surface area contributed by atoms with Crippen molar-refractivity contribution in [3.63, 3.8) is 0 Å². The van der Waals surface area contributed by atoms with Crippen molar-refractivity contribution in [3.05, 3.63) is 36.0 Å². The van der Waals surface area contributed by atoms with Gasteiger partial charge in [0.25, 0.3) is 0 Å². The summed E-state index contributed by atoms with van der Waals surface area (Å²) < 4.78 is 69.1. The molecule has 26 heavy (non-hydrogen) atoms. The van der Waals surface area contributed by atoms with Crippen LogP contribution in [0.25, 0.3) is 22.7 Å². The van der Waals surface area contributed by atoms with Crippen LogP contribution in [0, 0.1) is 0 Å². The van der Waals surface area contributed by atoms with Gasteiger partial charge in [0.2, 0.25) is 5.89 Å². The summed E-state index contributed by atoms with van der Waals surface area (Å²) in [4.78, 5) is 8.28. The van der Waals surface area contributed by atoms with Gasteiger partial charge in [0.1, 0.15) is 11.2 Å². The van der Waals surface area contributed by atoms with Gasteiger partial charge in [-0.25, -0.2) is 18.4 Å². The zero-order chi connectivity index (χ0) is 19.1. The van der Waals surface area contributed by atoms with Crippen molar-refractivity contribution < 1.29 is 26.0 Å². The third-order valence-electron chi connectivity index (χ3n) is 3.69. The van der Waals surface area contributed by atoms with E-state index in [4.69, 9.17) is 4.42 Å². The highest BCUT2D eigenvalue weighted by atomic mass is 32.2. The molecule has 0 saturated heterocycles. The number of oxazole rings is 1. The lowest BCUT2D eigenvalue weighted by molar-refractivity contribution is -0.138. The summed E-state index contributed by atoms with van der Waals surface area (Å²) in [5.74, 6) is -0.515. The number of rotatable bonds is 4. The second-order valence-corrected chi connectivity index (χ2v) is 8.45. The smallest absolute Gasteiger partial charge is 0.417 e. The van der Waals surface area contributed by atoms with Crippen LogP contribution in [-0.4, -0.2) is 30.4 Å². The maximum atomic E-state index is 13.0. The van der Waals surface area contributed by atoms with Gasteiger partial charge in [0.15, 0.2) is 15.4 Å². The molecule has 10 heteroatoms. The summed E-state index contributed by atoms with van der Waals surface area (Å²) in [6.45, 7) is 1.34. The molecule has 0 fully saturated rings. The van der Waals surface area contributed by atoms with E-state index in [1.54, 1.807) is 18.2 Å². The largest absolute Gasteiger partial charge is 0.435 e. The van der Waals surface area contributed by atoms with E-state index >= 15 is 0 Å². The van der Waals surface area contributed by atoms with E-state index in [1.807, 2.05) is 6.26 Å². The fraction of sp³-hybridized carbons (Fsp3) is 0.250. The second kappa shape index (κ2) is 6.58. The Morgan fingerprint density at radius 3 is 2.58 bits per heavy atom. The third-order valence-corrected chi connectivity index (χ3v) is 6.16. The molecular weight excluding hydrogens is 389 g/mol. The SMILES string of the molecule is CCS(=O)(=O)c1cc(C(F)(F)F)cnc1-c1nc2cc(SC)ccc2o1. The van der Waals surface area contributed by atoms with Crippen molar-refractivity contribution in [2.75, 3.05) is 12.0 Å². The van der Waals surface area contributed by atoms with E-state index in [2.05, 4.69) is 9.97 Å². The molecule has 0 aliphatic carbocycles. The monoisotopic (exact) mass is 402 g/mol. The minimum absolute atomic E-state index is 0.140. The molecule has 0 bridgehead atoms. The summed E-state index contributed by atoms with van der Waals surface area (Å²) in [5.41, 5.74) is -0.524. The van der Waals surface area contributed by atoms with Gasteiger partial charge in [-0.1, -0.05) is 6.92 Å². The van der Waals surface area contributed by atoms with Gasteiger partial charge in [0.05, 0.1) is 16.2 Å². The van der Waals surface area contributed by atoms with E-state index < -0.39 is 26.5 Å². The number of hydrogen-bond acceptors (Lipinski definition) is 6. The Bertz CT molecular complexity index is 1080. The summed E-state index contributed by atoms with van der Waals surface area (Å²) in [6, 6.07) is 5.77. The maximum Gasteiger partial charge on any atom is 0.417 e. The lowest BCUT2D eigenvalue weighted by Crippen LogP contribution is -2.12.